The van der Waals surface area contributed by atoms with Crippen LogP contribution in [0.5, 0.6) is 5.75 Å². The van der Waals surface area contributed by atoms with Crippen LogP contribution < -0.4 is 10.1 Å². The molecule has 1 aromatic carbocycles. The van der Waals surface area contributed by atoms with E-state index in [1.165, 1.54) is 0 Å². The second-order valence-corrected chi connectivity index (χ2v) is 5.08. The summed E-state index contributed by atoms with van der Waals surface area (Å²) in [5.41, 5.74) is 1.11. The molecule has 4 nitrogen and oxygen atoms in total. The maximum Gasteiger partial charge on any atom is 0.306 e. The van der Waals surface area contributed by atoms with Crippen LogP contribution in [0.3, 0.4) is 0 Å². The molecule has 2 unspecified atom stereocenters. The minimum Gasteiger partial charge on any atom is -0.496 e. The van der Waals surface area contributed by atoms with Gasteiger partial charge < -0.3 is 15.2 Å². The van der Waals surface area contributed by atoms with Crippen molar-refractivity contribution < 1.29 is 14.6 Å². The average molecular weight is 263 g/mol. The molecule has 0 spiro atoms. The number of ether oxygens (including phenoxy) is 1. The minimum absolute atomic E-state index is 0.176. The Bertz CT molecular complexity index is 433. The first-order valence-electron chi connectivity index (χ1n) is 6.77. The zero-order chi connectivity index (χ0) is 13.7. The molecule has 1 fully saturated rings. The van der Waals surface area contributed by atoms with E-state index in [9.17, 15) is 4.79 Å². The molecule has 1 aromatic rings. The van der Waals surface area contributed by atoms with Crippen LogP contribution in [0.4, 0.5) is 0 Å². The predicted octanol–water partition coefficient (Wildman–Crippen LogP) is 2.29. The average Bonchev–Trinajstić information content (AvgIpc) is 2.88. The largest absolute Gasteiger partial charge is 0.496 e. The highest BCUT2D eigenvalue weighted by atomic mass is 16.5. The summed E-state index contributed by atoms with van der Waals surface area (Å²) >= 11 is 0. The Labute approximate surface area is 113 Å². The molecule has 0 saturated heterocycles. The van der Waals surface area contributed by atoms with Gasteiger partial charge in [-0.05, 0) is 31.4 Å². The molecule has 1 aliphatic carbocycles. The highest BCUT2D eigenvalue weighted by molar-refractivity contribution is 5.70. The number of para-hydroxylation sites is 1. The number of nitrogens with one attached hydrogen (secondary N) is 1. The Morgan fingerprint density at radius 3 is 2.95 bits per heavy atom. The molecule has 1 aliphatic rings. The summed E-state index contributed by atoms with van der Waals surface area (Å²) in [6.07, 6.45) is 2.85. The van der Waals surface area contributed by atoms with Gasteiger partial charge >= 0.3 is 5.97 Å². The van der Waals surface area contributed by atoms with Gasteiger partial charge in [-0.2, -0.15) is 0 Å². The molecular formula is C15H21NO3. The Hall–Kier alpha value is -1.55. The predicted molar refractivity (Wildman–Crippen MR) is 73.2 cm³/mol. The van der Waals surface area contributed by atoms with Crippen LogP contribution in [0.1, 0.15) is 24.8 Å². The maximum atomic E-state index is 11.1. The van der Waals surface area contributed by atoms with Gasteiger partial charge in [-0.25, -0.2) is 0 Å². The van der Waals surface area contributed by atoms with Crippen molar-refractivity contribution in [2.24, 2.45) is 11.8 Å². The summed E-state index contributed by atoms with van der Waals surface area (Å²) in [6, 6.07) is 7.89. The second-order valence-electron chi connectivity index (χ2n) is 5.08. The summed E-state index contributed by atoms with van der Waals surface area (Å²) < 4.78 is 5.29. The fourth-order valence-corrected chi connectivity index (χ4v) is 2.85. The van der Waals surface area contributed by atoms with Crippen molar-refractivity contribution in [1.29, 1.82) is 0 Å². The molecule has 2 N–H and O–H groups in total. The number of aliphatic carboxylic acids is 1. The number of carbonyl (C=O) groups is 1. The van der Waals surface area contributed by atoms with Gasteiger partial charge in [0.05, 0.1) is 13.0 Å². The van der Waals surface area contributed by atoms with Crippen molar-refractivity contribution >= 4 is 5.97 Å². The monoisotopic (exact) mass is 263 g/mol. The smallest absolute Gasteiger partial charge is 0.306 e. The molecule has 19 heavy (non-hydrogen) atoms. The molecule has 2 atom stereocenters. The zero-order valence-corrected chi connectivity index (χ0v) is 11.3. The van der Waals surface area contributed by atoms with Crippen molar-refractivity contribution in [3.63, 3.8) is 0 Å². The van der Waals surface area contributed by atoms with Gasteiger partial charge in [0.2, 0.25) is 0 Å². The minimum atomic E-state index is -0.651. The Kier molecular flexibility index (Phi) is 4.80. The summed E-state index contributed by atoms with van der Waals surface area (Å²) in [5.74, 6) is 0.301. The Morgan fingerprint density at radius 1 is 1.42 bits per heavy atom. The summed E-state index contributed by atoms with van der Waals surface area (Å²) in [6.45, 7) is 1.47. The SMILES string of the molecule is COc1ccccc1CNCC1CCCC1C(=O)O. The van der Waals surface area contributed by atoms with E-state index in [4.69, 9.17) is 9.84 Å². The van der Waals surface area contributed by atoms with Crippen LogP contribution in [-0.4, -0.2) is 24.7 Å². The van der Waals surface area contributed by atoms with Crippen molar-refractivity contribution in [3.05, 3.63) is 29.8 Å². The molecule has 0 bridgehead atoms. The van der Waals surface area contributed by atoms with E-state index in [0.29, 0.717) is 6.54 Å². The Balaban J connectivity index is 1.85. The summed E-state index contributed by atoms with van der Waals surface area (Å²) in [4.78, 5) is 11.1. The molecule has 4 heteroatoms. The first-order chi connectivity index (χ1) is 9.22. The van der Waals surface area contributed by atoms with Crippen molar-refractivity contribution in [1.82, 2.24) is 5.32 Å². The lowest BCUT2D eigenvalue weighted by Crippen LogP contribution is -2.28. The first kappa shape index (κ1) is 13.9. The molecule has 104 valence electrons. The lowest BCUT2D eigenvalue weighted by atomic mass is 9.96. The molecular weight excluding hydrogens is 242 g/mol. The lowest BCUT2D eigenvalue weighted by molar-refractivity contribution is -0.142. The van der Waals surface area contributed by atoms with Gasteiger partial charge in [-0.1, -0.05) is 24.6 Å². The van der Waals surface area contributed by atoms with Crippen molar-refractivity contribution in [2.45, 2.75) is 25.8 Å². The van der Waals surface area contributed by atoms with E-state index in [0.717, 1.165) is 37.1 Å². The molecule has 0 aromatic heterocycles. The number of carboxylic acids is 1. The normalized spacial score (nSPS) is 22.4. The van der Waals surface area contributed by atoms with Gasteiger partial charge in [-0.15, -0.1) is 0 Å². The van der Waals surface area contributed by atoms with E-state index in [2.05, 4.69) is 5.32 Å². The van der Waals surface area contributed by atoms with Crippen LogP contribution >= 0.6 is 0 Å². The van der Waals surface area contributed by atoms with Gasteiger partial charge in [0, 0.05) is 12.1 Å². The Morgan fingerprint density at radius 2 is 2.21 bits per heavy atom. The fourth-order valence-electron chi connectivity index (χ4n) is 2.85. The van der Waals surface area contributed by atoms with Crippen LogP contribution in [0, 0.1) is 11.8 Å². The summed E-state index contributed by atoms with van der Waals surface area (Å²) in [5, 5.41) is 12.5. The van der Waals surface area contributed by atoms with Gasteiger partial charge in [0.15, 0.2) is 0 Å². The van der Waals surface area contributed by atoms with Crippen LogP contribution in [0.25, 0.3) is 0 Å². The molecule has 0 aliphatic heterocycles. The number of benzene rings is 1. The number of carboxylic acid groups (broad SMARTS) is 1. The lowest BCUT2D eigenvalue weighted by Gasteiger charge is -2.17. The first-order valence-corrected chi connectivity index (χ1v) is 6.77. The van der Waals surface area contributed by atoms with Crippen LogP contribution in [-0.2, 0) is 11.3 Å². The highest BCUT2D eigenvalue weighted by Gasteiger charge is 2.32. The molecule has 1 saturated carbocycles. The number of methoxy groups -OCH3 is 1. The second kappa shape index (κ2) is 6.57. The zero-order valence-electron chi connectivity index (χ0n) is 11.3. The third-order valence-electron chi connectivity index (χ3n) is 3.89. The van der Waals surface area contributed by atoms with Crippen molar-refractivity contribution in [3.8, 4) is 5.75 Å². The molecule has 2 rings (SSSR count). The number of rotatable bonds is 6. The molecule has 0 amide bonds. The third kappa shape index (κ3) is 3.47. The van der Waals surface area contributed by atoms with Crippen molar-refractivity contribution in [2.75, 3.05) is 13.7 Å². The van der Waals surface area contributed by atoms with Gasteiger partial charge in [0.25, 0.3) is 0 Å². The topological polar surface area (TPSA) is 58.6 Å². The van der Waals surface area contributed by atoms with Gasteiger partial charge in [0.1, 0.15) is 5.75 Å². The van der Waals surface area contributed by atoms with E-state index >= 15 is 0 Å². The number of hydrogen-bond donors (Lipinski definition) is 2. The highest BCUT2D eigenvalue weighted by Crippen LogP contribution is 2.31. The van der Waals surface area contributed by atoms with E-state index < -0.39 is 5.97 Å². The van der Waals surface area contributed by atoms with E-state index in [1.807, 2.05) is 24.3 Å². The van der Waals surface area contributed by atoms with E-state index in [1.54, 1.807) is 7.11 Å². The summed E-state index contributed by atoms with van der Waals surface area (Å²) in [7, 11) is 1.66. The standard InChI is InChI=1S/C15H21NO3/c1-19-14-8-3-2-5-12(14)10-16-9-11-6-4-7-13(11)15(17)18/h2-3,5,8,11,13,16H,4,6-7,9-10H2,1H3,(H,17,18). The quantitative estimate of drug-likeness (QED) is 0.826. The van der Waals surface area contributed by atoms with Crippen LogP contribution in [0.15, 0.2) is 24.3 Å². The van der Waals surface area contributed by atoms with E-state index in [-0.39, 0.29) is 11.8 Å². The number of hydrogen-bond acceptors (Lipinski definition) is 3. The van der Waals surface area contributed by atoms with Crippen LogP contribution in [0.2, 0.25) is 0 Å². The molecule has 0 radical (unpaired) electrons. The molecule has 0 heterocycles. The maximum absolute atomic E-state index is 11.1. The fraction of sp³-hybridized carbons (Fsp3) is 0.533. The third-order valence-corrected chi connectivity index (χ3v) is 3.89. The van der Waals surface area contributed by atoms with Gasteiger partial charge in [-0.3, -0.25) is 4.79 Å².